The van der Waals surface area contributed by atoms with Crippen molar-refractivity contribution >= 4 is 28.5 Å². The first-order valence-electron chi connectivity index (χ1n) is 12.2. The number of carbonyl (C=O) groups is 1. The van der Waals surface area contributed by atoms with Crippen molar-refractivity contribution in [2.45, 2.75) is 39.8 Å². The molecule has 1 heterocycles. The highest BCUT2D eigenvalue weighted by atomic mass is 35.5. The molecule has 1 N–H and O–H groups in total. The zero-order valence-corrected chi connectivity index (χ0v) is 22.6. The Hall–Kier alpha value is -3.71. The Morgan fingerprint density at radius 1 is 1.03 bits per heavy atom. The van der Waals surface area contributed by atoms with Crippen LogP contribution in [0.2, 0.25) is 5.02 Å². The number of hydrogen-bond acceptors (Lipinski definition) is 5. The van der Waals surface area contributed by atoms with E-state index >= 15 is 0 Å². The van der Waals surface area contributed by atoms with Gasteiger partial charge < -0.3 is 24.1 Å². The van der Waals surface area contributed by atoms with Crippen LogP contribution in [0.4, 0.5) is 0 Å². The molecule has 4 rings (SSSR count). The topological polar surface area (TPSA) is 74.6 Å². The molecule has 0 saturated carbocycles. The smallest absolute Gasteiger partial charge is 0.251 e. The lowest BCUT2D eigenvalue weighted by Gasteiger charge is -2.17. The molecule has 1 unspecified atom stereocenters. The Kier molecular flexibility index (Phi) is 8.24. The van der Waals surface area contributed by atoms with E-state index in [-0.39, 0.29) is 11.9 Å². The fraction of sp³-hybridized carbons (Fsp3) is 0.310. The van der Waals surface area contributed by atoms with Crippen LogP contribution in [-0.2, 0) is 6.54 Å². The number of rotatable bonds is 10. The highest BCUT2D eigenvalue weighted by molar-refractivity contribution is 6.32. The molecule has 0 bridgehead atoms. The molecule has 0 fully saturated rings. The Morgan fingerprint density at radius 2 is 1.73 bits per heavy atom. The van der Waals surface area contributed by atoms with Crippen LogP contribution in [0.25, 0.3) is 11.0 Å². The molecule has 1 amide bonds. The minimum atomic E-state index is -0.324. The summed E-state index contributed by atoms with van der Waals surface area (Å²) in [5.74, 6) is 2.45. The molecule has 7 nitrogen and oxygen atoms in total. The average molecular weight is 522 g/mol. The van der Waals surface area contributed by atoms with Gasteiger partial charge in [-0.05, 0) is 80.8 Å². The summed E-state index contributed by atoms with van der Waals surface area (Å²) in [6, 6.07) is 16.7. The second-order valence-corrected chi connectivity index (χ2v) is 9.33. The average Bonchev–Trinajstić information content (AvgIpc) is 3.27. The minimum absolute atomic E-state index is 0.219. The van der Waals surface area contributed by atoms with Gasteiger partial charge in [0.1, 0.15) is 11.6 Å². The van der Waals surface area contributed by atoms with Crippen molar-refractivity contribution in [2.24, 2.45) is 0 Å². The maximum atomic E-state index is 13.0. The van der Waals surface area contributed by atoms with Crippen LogP contribution >= 0.6 is 11.6 Å². The van der Waals surface area contributed by atoms with E-state index in [1.54, 1.807) is 32.4 Å². The summed E-state index contributed by atoms with van der Waals surface area (Å²) in [6.45, 7) is 7.12. The van der Waals surface area contributed by atoms with Gasteiger partial charge in [-0.1, -0.05) is 23.7 Å². The molecule has 1 aromatic heterocycles. The first kappa shape index (κ1) is 26.4. The largest absolute Gasteiger partial charge is 0.494 e. The molecular weight excluding hydrogens is 490 g/mol. The van der Waals surface area contributed by atoms with Crippen LogP contribution in [0.1, 0.15) is 46.7 Å². The predicted octanol–water partition coefficient (Wildman–Crippen LogP) is 6.28. The molecule has 1 atom stereocenters. The van der Waals surface area contributed by atoms with Crippen molar-refractivity contribution in [1.82, 2.24) is 14.9 Å². The van der Waals surface area contributed by atoms with Crippen molar-refractivity contribution in [3.63, 3.8) is 0 Å². The zero-order chi connectivity index (χ0) is 26.5. The molecular formula is C29H32ClN3O4. The van der Waals surface area contributed by atoms with Crippen molar-refractivity contribution in [2.75, 3.05) is 20.8 Å². The number of fused-ring (bicyclic) bond motifs is 1. The van der Waals surface area contributed by atoms with E-state index in [0.717, 1.165) is 45.2 Å². The number of nitrogens with one attached hydrogen (secondary N) is 1. The number of amides is 1. The predicted molar refractivity (Wildman–Crippen MR) is 146 cm³/mol. The van der Waals surface area contributed by atoms with Crippen LogP contribution in [-0.4, -0.2) is 36.3 Å². The van der Waals surface area contributed by atoms with Gasteiger partial charge in [0, 0.05) is 17.1 Å². The fourth-order valence-corrected chi connectivity index (χ4v) is 4.49. The quantitative estimate of drug-likeness (QED) is 0.248. The van der Waals surface area contributed by atoms with Crippen molar-refractivity contribution in [3.8, 4) is 17.2 Å². The number of benzene rings is 3. The van der Waals surface area contributed by atoms with E-state index < -0.39 is 0 Å². The van der Waals surface area contributed by atoms with Gasteiger partial charge in [0.2, 0.25) is 0 Å². The number of methoxy groups -OCH3 is 2. The van der Waals surface area contributed by atoms with Gasteiger partial charge in [0.05, 0.1) is 37.9 Å². The zero-order valence-electron chi connectivity index (χ0n) is 21.8. The number of imidazole rings is 1. The molecule has 0 aliphatic carbocycles. The van der Waals surface area contributed by atoms with Gasteiger partial charge in [-0.3, -0.25) is 4.79 Å². The summed E-state index contributed by atoms with van der Waals surface area (Å²) in [4.78, 5) is 17.9. The fourth-order valence-electron chi connectivity index (χ4n) is 4.38. The second kappa shape index (κ2) is 11.6. The van der Waals surface area contributed by atoms with Gasteiger partial charge in [0.15, 0.2) is 11.5 Å². The minimum Gasteiger partial charge on any atom is -0.494 e. The molecule has 37 heavy (non-hydrogen) atoms. The van der Waals surface area contributed by atoms with E-state index in [1.165, 1.54) is 0 Å². The van der Waals surface area contributed by atoms with Crippen LogP contribution in [0, 0.1) is 13.8 Å². The number of aromatic nitrogens is 2. The van der Waals surface area contributed by atoms with Gasteiger partial charge in [-0.2, -0.15) is 0 Å². The van der Waals surface area contributed by atoms with Crippen molar-refractivity contribution in [1.29, 1.82) is 0 Å². The van der Waals surface area contributed by atoms with Crippen LogP contribution in [0.3, 0.4) is 0 Å². The molecule has 0 aliphatic heterocycles. The second-order valence-electron chi connectivity index (χ2n) is 8.95. The monoisotopic (exact) mass is 521 g/mol. The third-order valence-corrected chi connectivity index (χ3v) is 6.87. The molecule has 194 valence electrons. The molecule has 0 saturated heterocycles. The van der Waals surface area contributed by atoms with Crippen LogP contribution in [0.5, 0.6) is 17.2 Å². The maximum absolute atomic E-state index is 13.0. The summed E-state index contributed by atoms with van der Waals surface area (Å²) >= 11 is 6.28. The summed E-state index contributed by atoms with van der Waals surface area (Å²) < 4.78 is 18.8. The Bertz CT molecular complexity index is 1390. The molecule has 0 radical (unpaired) electrons. The van der Waals surface area contributed by atoms with Gasteiger partial charge in [-0.15, -0.1) is 0 Å². The van der Waals surface area contributed by atoms with Crippen LogP contribution in [0.15, 0.2) is 54.6 Å². The van der Waals surface area contributed by atoms with Crippen molar-refractivity contribution in [3.05, 3.63) is 82.1 Å². The molecule has 8 heteroatoms. The third-order valence-electron chi connectivity index (χ3n) is 6.27. The SMILES string of the molecule is COc1ccc(C(=O)NC(C)c2nc3ccccc3n2CCCOc2cc(C)c(Cl)c(C)c2)cc1OC. The lowest BCUT2D eigenvalue weighted by Crippen LogP contribution is -2.29. The van der Waals surface area contributed by atoms with Gasteiger partial charge in [0.25, 0.3) is 5.91 Å². The van der Waals surface area contributed by atoms with E-state index in [1.807, 2.05) is 57.2 Å². The van der Waals surface area contributed by atoms with E-state index in [2.05, 4.69) is 9.88 Å². The lowest BCUT2D eigenvalue weighted by molar-refractivity contribution is 0.0937. The third kappa shape index (κ3) is 5.83. The van der Waals surface area contributed by atoms with E-state index in [4.69, 9.17) is 30.8 Å². The lowest BCUT2D eigenvalue weighted by atomic mass is 10.1. The van der Waals surface area contributed by atoms with E-state index in [0.29, 0.717) is 30.2 Å². The maximum Gasteiger partial charge on any atom is 0.251 e. The molecule has 0 aliphatic rings. The summed E-state index contributed by atoms with van der Waals surface area (Å²) in [7, 11) is 3.11. The number of para-hydroxylation sites is 2. The Labute approximate surface area is 222 Å². The highest BCUT2D eigenvalue weighted by Gasteiger charge is 2.20. The standard InChI is InChI=1S/C29H32ClN3O4/c1-18-15-22(16-19(2)27(18)30)37-14-8-13-33-24-10-7-6-9-23(24)32-28(33)20(3)31-29(34)21-11-12-25(35-4)26(17-21)36-5/h6-7,9-12,15-17,20H,8,13-14H2,1-5H3,(H,31,34). The number of carbonyl (C=O) groups excluding carboxylic acids is 1. The first-order chi connectivity index (χ1) is 17.8. The molecule has 4 aromatic rings. The van der Waals surface area contributed by atoms with Gasteiger partial charge in [-0.25, -0.2) is 4.98 Å². The van der Waals surface area contributed by atoms with Crippen LogP contribution < -0.4 is 19.5 Å². The summed E-state index contributed by atoms with van der Waals surface area (Å²) in [6.07, 6.45) is 0.768. The van der Waals surface area contributed by atoms with Gasteiger partial charge >= 0.3 is 0 Å². The number of ether oxygens (including phenoxy) is 3. The molecule has 3 aromatic carbocycles. The number of halogens is 1. The van der Waals surface area contributed by atoms with E-state index in [9.17, 15) is 4.79 Å². The normalized spacial score (nSPS) is 11.8. The Balaban J connectivity index is 1.48. The molecule has 0 spiro atoms. The summed E-state index contributed by atoms with van der Waals surface area (Å²) in [5, 5.41) is 3.84. The highest BCUT2D eigenvalue weighted by Crippen LogP contribution is 2.29. The number of aryl methyl sites for hydroxylation is 3. The first-order valence-corrected chi connectivity index (χ1v) is 12.6. The number of hydrogen-bond donors (Lipinski definition) is 1. The number of nitrogens with zero attached hydrogens (tertiary/aromatic N) is 2. The summed E-state index contributed by atoms with van der Waals surface area (Å²) in [5.41, 5.74) is 4.38. The Morgan fingerprint density at radius 3 is 2.43 bits per heavy atom. The van der Waals surface area contributed by atoms with Crippen molar-refractivity contribution < 1.29 is 19.0 Å².